The molecule has 0 saturated carbocycles. The highest BCUT2D eigenvalue weighted by molar-refractivity contribution is 5.78. The monoisotopic (exact) mass is 415 g/mol. The summed E-state index contributed by atoms with van der Waals surface area (Å²) in [6, 6.07) is 23.8. The third-order valence-electron chi connectivity index (χ3n) is 5.24. The molecule has 6 rings (SSSR count). The molecule has 5 heterocycles. The Labute approximate surface area is 183 Å². The molecule has 152 valence electrons. The van der Waals surface area contributed by atoms with E-state index in [1.807, 2.05) is 60.9 Å². The van der Waals surface area contributed by atoms with Crippen LogP contribution in [0.4, 0.5) is 0 Å². The van der Waals surface area contributed by atoms with Gasteiger partial charge in [-0.1, -0.05) is 6.07 Å². The molecule has 0 unspecified atom stereocenters. The molecule has 0 aliphatic carbocycles. The second-order valence-corrected chi connectivity index (χ2v) is 7.25. The molecule has 0 aliphatic heterocycles. The minimum atomic E-state index is 0.564. The fraction of sp³-hybridized carbons (Fsp3) is 0. The van der Waals surface area contributed by atoms with E-state index in [2.05, 4.69) is 43.8 Å². The fourth-order valence-electron chi connectivity index (χ4n) is 3.71. The highest BCUT2D eigenvalue weighted by atomic mass is 15.4. The summed E-state index contributed by atoms with van der Waals surface area (Å²) < 4.78 is 3.88. The summed E-state index contributed by atoms with van der Waals surface area (Å²) in [5.74, 6) is 1.29. The zero-order valence-corrected chi connectivity index (χ0v) is 16.9. The molecule has 0 fully saturated rings. The van der Waals surface area contributed by atoms with Crippen LogP contribution in [0, 0.1) is 0 Å². The number of hydrogen-bond donors (Lipinski definition) is 0. The Kier molecular flexibility index (Phi) is 4.28. The molecule has 7 nitrogen and oxygen atoms in total. The van der Waals surface area contributed by atoms with Crippen molar-refractivity contribution >= 4 is 11.0 Å². The van der Waals surface area contributed by atoms with Gasteiger partial charge in [-0.3, -0.25) is 9.97 Å². The fourth-order valence-corrected chi connectivity index (χ4v) is 3.71. The molecule has 5 aromatic heterocycles. The van der Waals surface area contributed by atoms with Gasteiger partial charge < -0.3 is 4.57 Å². The third-order valence-corrected chi connectivity index (χ3v) is 5.24. The Morgan fingerprint density at radius 3 is 2.38 bits per heavy atom. The first-order valence-electron chi connectivity index (χ1n) is 10.2. The summed E-state index contributed by atoms with van der Waals surface area (Å²) in [5.41, 5.74) is 4.45. The van der Waals surface area contributed by atoms with Crippen LogP contribution in [0.5, 0.6) is 0 Å². The lowest BCUT2D eigenvalue weighted by atomic mass is 10.2. The van der Waals surface area contributed by atoms with Crippen LogP contribution in [0.15, 0.2) is 104 Å². The van der Waals surface area contributed by atoms with Crippen molar-refractivity contribution in [3.05, 3.63) is 104 Å². The zero-order valence-electron chi connectivity index (χ0n) is 16.9. The Morgan fingerprint density at radius 2 is 1.56 bits per heavy atom. The van der Waals surface area contributed by atoms with Crippen molar-refractivity contribution in [2.45, 2.75) is 0 Å². The van der Waals surface area contributed by atoms with E-state index in [9.17, 15) is 0 Å². The standard InChI is InChI=1S/C25H17N7/c1-2-14-27-22(7-1)23-29-25(32(30-23)21-6-4-13-26-17-21)19-8-10-20(11-9-19)31-16-12-18-5-3-15-28-24(18)31/h1-17H. The third kappa shape index (κ3) is 3.13. The lowest BCUT2D eigenvalue weighted by Crippen LogP contribution is -2.00. The first-order chi connectivity index (χ1) is 15.9. The molecule has 1 aromatic carbocycles. The van der Waals surface area contributed by atoms with E-state index in [0.717, 1.165) is 39.5 Å². The number of fused-ring (bicyclic) bond motifs is 1. The highest BCUT2D eigenvalue weighted by Crippen LogP contribution is 2.26. The molecule has 0 saturated heterocycles. The quantitative estimate of drug-likeness (QED) is 0.416. The van der Waals surface area contributed by atoms with Crippen molar-refractivity contribution in [3.8, 4) is 34.3 Å². The molecule has 6 aromatic rings. The molecule has 7 heteroatoms. The molecule has 0 amide bonds. The van der Waals surface area contributed by atoms with Crippen LogP contribution in [0.2, 0.25) is 0 Å². The van der Waals surface area contributed by atoms with E-state index in [-0.39, 0.29) is 0 Å². The van der Waals surface area contributed by atoms with E-state index in [1.54, 1.807) is 23.3 Å². The van der Waals surface area contributed by atoms with Crippen LogP contribution in [0.25, 0.3) is 45.3 Å². The highest BCUT2D eigenvalue weighted by Gasteiger charge is 2.16. The van der Waals surface area contributed by atoms with Gasteiger partial charge in [-0.25, -0.2) is 14.6 Å². The normalized spacial score (nSPS) is 11.1. The molecule has 0 N–H and O–H groups in total. The molecule has 0 bridgehead atoms. The minimum Gasteiger partial charge on any atom is -0.301 e. The van der Waals surface area contributed by atoms with Gasteiger partial charge in [-0.2, -0.15) is 0 Å². The first kappa shape index (κ1) is 18.1. The van der Waals surface area contributed by atoms with E-state index in [4.69, 9.17) is 10.1 Å². The topological polar surface area (TPSA) is 74.3 Å². The second kappa shape index (κ2) is 7.55. The van der Waals surface area contributed by atoms with Crippen LogP contribution in [-0.2, 0) is 0 Å². The van der Waals surface area contributed by atoms with Crippen LogP contribution < -0.4 is 0 Å². The van der Waals surface area contributed by atoms with Crippen LogP contribution in [-0.4, -0.2) is 34.3 Å². The van der Waals surface area contributed by atoms with Crippen molar-refractivity contribution in [3.63, 3.8) is 0 Å². The largest absolute Gasteiger partial charge is 0.301 e. The van der Waals surface area contributed by atoms with Gasteiger partial charge in [0.2, 0.25) is 5.82 Å². The van der Waals surface area contributed by atoms with Gasteiger partial charge in [0, 0.05) is 41.4 Å². The van der Waals surface area contributed by atoms with Gasteiger partial charge in [0.05, 0.1) is 11.9 Å². The number of aromatic nitrogens is 7. The van der Waals surface area contributed by atoms with Crippen molar-refractivity contribution in [2.75, 3.05) is 0 Å². The van der Waals surface area contributed by atoms with Crippen molar-refractivity contribution in [1.82, 2.24) is 34.3 Å². The molecule has 32 heavy (non-hydrogen) atoms. The van der Waals surface area contributed by atoms with Crippen LogP contribution >= 0.6 is 0 Å². The van der Waals surface area contributed by atoms with E-state index >= 15 is 0 Å². The van der Waals surface area contributed by atoms with Crippen LogP contribution in [0.1, 0.15) is 0 Å². The Balaban J connectivity index is 1.45. The maximum atomic E-state index is 4.81. The zero-order chi connectivity index (χ0) is 21.3. The maximum absolute atomic E-state index is 4.81. The van der Waals surface area contributed by atoms with Crippen molar-refractivity contribution in [2.24, 2.45) is 0 Å². The molecule has 0 aliphatic rings. The maximum Gasteiger partial charge on any atom is 0.200 e. The summed E-state index contributed by atoms with van der Waals surface area (Å²) in [6.07, 6.45) is 9.09. The predicted molar refractivity (Wildman–Crippen MR) is 122 cm³/mol. The Morgan fingerprint density at radius 1 is 0.688 bits per heavy atom. The van der Waals surface area contributed by atoms with E-state index in [0.29, 0.717) is 5.82 Å². The van der Waals surface area contributed by atoms with Gasteiger partial charge in [0.25, 0.3) is 0 Å². The predicted octanol–water partition coefficient (Wildman–Crippen LogP) is 4.73. The average Bonchev–Trinajstić information content (AvgIpc) is 3.51. The van der Waals surface area contributed by atoms with Gasteiger partial charge in [0.15, 0.2) is 5.82 Å². The molecule has 0 spiro atoms. The van der Waals surface area contributed by atoms with Crippen LogP contribution in [0.3, 0.4) is 0 Å². The Hall–Kier alpha value is -4.65. The molecule has 0 atom stereocenters. The number of benzene rings is 1. The number of hydrogen-bond acceptors (Lipinski definition) is 5. The SMILES string of the molecule is c1ccc(-c2nc(-c3ccc(-n4ccc5cccnc54)cc3)n(-c3cccnc3)n2)nc1. The Bertz CT molecular complexity index is 1500. The minimum absolute atomic E-state index is 0.564. The summed E-state index contributed by atoms with van der Waals surface area (Å²) >= 11 is 0. The lowest BCUT2D eigenvalue weighted by molar-refractivity contribution is 0.882. The van der Waals surface area contributed by atoms with E-state index in [1.165, 1.54) is 0 Å². The second-order valence-electron chi connectivity index (χ2n) is 7.25. The summed E-state index contributed by atoms with van der Waals surface area (Å²) in [6.45, 7) is 0. The molecular formula is C25H17N7. The summed E-state index contributed by atoms with van der Waals surface area (Å²) in [4.78, 5) is 18.0. The number of pyridine rings is 3. The van der Waals surface area contributed by atoms with Gasteiger partial charge in [-0.05, 0) is 66.7 Å². The van der Waals surface area contributed by atoms with Crippen molar-refractivity contribution in [1.29, 1.82) is 0 Å². The summed E-state index contributed by atoms with van der Waals surface area (Å²) in [5, 5.41) is 5.83. The molecule has 0 radical (unpaired) electrons. The molecular weight excluding hydrogens is 398 g/mol. The van der Waals surface area contributed by atoms with E-state index < -0.39 is 0 Å². The number of nitrogens with zero attached hydrogens (tertiary/aromatic N) is 7. The number of rotatable bonds is 4. The van der Waals surface area contributed by atoms with Crippen molar-refractivity contribution < 1.29 is 0 Å². The average molecular weight is 415 g/mol. The lowest BCUT2D eigenvalue weighted by Gasteiger charge is -2.08. The van der Waals surface area contributed by atoms with Gasteiger partial charge in [0.1, 0.15) is 11.3 Å². The smallest absolute Gasteiger partial charge is 0.200 e. The first-order valence-corrected chi connectivity index (χ1v) is 10.2. The van der Waals surface area contributed by atoms with Gasteiger partial charge in [-0.15, -0.1) is 5.10 Å². The van der Waals surface area contributed by atoms with Gasteiger partial charge >= 0.3 is 0 Å². The summed E-state index contributed by atoms with van der Waals surface area (Å²) in [7, 11) is 0.